The maximum Gasteiger partial charge on any atom is 0.139 e. The molecule has 0 atom stereocenters. The van der Waals surface area contributed by atoms with Crippen LogP contribution < -0.4 is 4.74 Å². The summed E-state index contributed by atoms with van der Waals surface area (Å²) in [6.07, 6.45) is 8.78. The van der Waals surface area contributed by atoms with Crippen molar-refractivity contribution in [2.75, 3.05) is 39.5 Å². The Hall–Kier alpha value is -2.64. The van der Waals surface area contributed by atoms with Gasteiger partial charge in [-0.05, 0) is 36.2 Å². The van der Waals surface area contributed by atoms with E-state index in [1.165, 1.54) is 5.56 Å². The number of benzene rings is 1. The highest BCUT2D eigenvalue weighted by Gasteiger charge is 2.10. The number of rotatable bonds is 8. The van der Waals surface area contributed by atoms with Gasteiger partial charge in [0.1, 0.15) is 18.2 Å². The van der Waals surface area contributed by atoms with Crippen molar-refractivity contribution in [1.82, 2.24) is 24.2 Å². The van der Waals surface area contributed by atoms with E-state index in [4.69, 9.17) is 9.47 Å². The van der Waals surface area contributed by atoms with Gasteiger partial charge in [-0.25, -0.2) is 4.98 Å². The molecule has 0 spiro atoms. The quantitative estimate of drug-likeness (QED) is 0.599. The average Bonchev–Trinajstić information content (AvgIpc) is 3.36. The van der Waals surface area contributed by atoms with Crippen molar-refractivity contribution in [3.63, 3.8) is 0 Å². The summed E-state index contributed by atoms with van der Waals surface area (Å²) >= 11 is 0. The Kier molecular flexibility index (Phi) is 6.04. The van der Waals surface area contributed by atoms with Gasteiger partial charge in [0.15, 0.2) is 0 Å². The molecule has 1 aliphatic heterocycles. The van der Waals surface area contributed by atoms with Crippen LogP contribution in [-0.2, 0) is 24.8 Å². The summed E-state index contributed by atoms with van der Waals surface area (Å²) < 4.78 is 15.3. The van der Waals surface area contributed by atoms with Crippen LogP contribution in [0.4, 0.5) is 0 Å². The van der Waals surface area contributed by atoms with Crippen molar-refractivity contribution >= 4 is 0 Å². The molecular weight excluding hydrogens is 354 g/mol. The minimum absolute atomic E-state index is 0.694. The molecule has 1 aliphatic rings. The second-order valence-electron chi connectivity index (χ2n) is 7.04. The fourth-order valence-electron chi connectivity index (χ4n) is 3.42. The first-order valence-electron chi connectivity index (χ1n) is 9.80. The molecule has 4 rings (SSSR count). The standard InChI is InChI=1S/C21H27N5O2/c1-24-17-18(16-23-24)6-8-26-9-7-22-21(26)19-2-4-20(5-3-19)28-15-12-25-10-13-27-14-11-25/h2-5,7,9,16-17H,6,8,10-15H2,1H3. The Morgan fingerprint density at radius 3 is 2.68 bits per heavy atom. The van der Waals surface area contributed by atoms with Crippen molar-refractivity contribution < 1.29 is 9.47 Å². The topological polar surface area (TPSA) is 57.3 Å². The second kappa shape index (κ2) is 9.03. The Labute approximate surface area is 165 Å². The lowest BCUT2D eigenvalue weighted by atomic mass is 10.2. The first-order valence-corrected chi connectivity index (χ1v) is 9.80. The summed E-state index contributed by atoms with van der Waals surface area (Å²) in [6, 6.07) is 8.20. The minimum Gasteiger partial charge on any atom is -0.492 e. The number of ether oxygens (including phenoxy) is 2. The van der Waals surface area contributed by atoms with Gasteiger partial charge in [-0.1, -0.05) is 0 Å². The van der Waals surface area contributed by atoms with Gasteiger partial charge in [-0.2, -0.15) is 5.10 Å². The van der Waals surface area contributed by atoms with Crippen LogP contribution in [0.25, 0.3) is 11.4 Å². The summed E-state index contributed by atoms with van der Waals surface area (Å²) in [4.78, 5) is 6.91. The van der Waals surface area contributed by atoms with Crippen LogP contribution >= 0.6 is 0 Å². The van der Waals surface area contributed by atoms with E-state index >= 15 is 0 Å². The van der Waals surface area contributed by atoms with Crippen LogP contribution in [0.1, 0.15) is 5.56 Å². The van der Waals surface area contributed by atoms with Crippen molar-refractivity contribution in [1.29, 1.82) is 0 Å². The molecule has 0 unspecified atom stereocenters. The fraction of sp³-hybridized carbons (Fsp3) is 0.429. The summed E-state index contributed by atoms with van der Waals surface area (Å²) in [5.74, 6) is 1.87. The molecule has 3 aromatic rings. The number of aryl methyl sites for hydroxylation is 3. The van der Waals surface area contributed by atoms with E-state index in [9.17, 15) is 0 Å². The molecule has 1 fully saturated rings. The van der Waals surface area contributed by atoms with E-state index in [1.807, 2.05) is 42.5 Å². The molecule has 7 heteroatoms. The Morgan fingerprint density at radius 1 is 1.11 bits per heavy atom. The van der Waals surface area contributed by atoms with Crippen LogP contribution in [0.3, 0.4) is 0 Å². The normalized spacial score (nSPS) is 15.0. The molecule has 28 heavy (non-hydrogen) atoms. The molecule has 3 heterocycles. The molecule has 7 nitrogen and oxygen atoms in total. The van der Waals surface area contributed by atoms with Crippen molar-refractivity contribution in [2.45, 2.75) is 13.0 Å². The van der Waals surface area contributed by atoms with Crippen LogP contribution in [0.5, 0.6) is 5.75 Å². The van der Waals surface area contributed by atoms with Gasteiger partial charge in [0.05, 0.1) is 19.4 Å². The van der Waals surface area contributed by atoms with Crippen LogP contribution in [0.15, 0.2) is 49.1 Å². The average molecular weight is 381 g/mol. The van der Waals surface area contributed by atoms with Crippen LogP contribution in [-0.4, -0.2) is 63.7 Å². The largest absolute Gasteiger partial charge is 0.492 e. The predicted octanol–water partition coefficient (Wildman–Crippen LogP) is 2.24. The highest BCUT2D eigenvalue weighted by atomic mass is 16.5. The minimum atomic E-state index is 0.694. The van der Waals surface area contributed by atoms with Gasteiger partial charge in [-0.15, -0.1) is 0 Å². The zero-order chi connectivity index (χ0) is 19.2. The smallest absolute Gasteiger partial charge is 0.139 e. The van der Waals surface area contributed by atoms with Crippen LogP contribution in [0, 0.1) is 0 Å². The number of hydrogen-bond donors (Lipinski definition) is 0. The van der Waals surface area contributed by atoms with Crippen molar-refractivity contribution in [3.05, 3.63) is 54.6 Å². The van der Waals surface area contributed by atoms with Gasteiger partial charge < -0.3 is 14.0 Å². The van der Waals surface area contributed by atoms with E-state index in [-0.39, 0.29) is 0 Å². The third-order valence-corrected chi connectivity index (χ3v) is 5.01. The number of hydrogen-bond acceptors (Lipinski definition) is 5. The maximum atomic E-state index is 5.90. The zero-order valence-corrected chi connectivity index (χ0v) is 16.3. The van der Waals surface area contributed by atoms with Gasteiger partial charge in [0.2, 0.25) is 0 Å². The number of imidazole rings is 1. The Balaban J connectivity index is 1.31. The lowest BCUT2D eigenvalue weighted by Crippen LogP contribution is -2.38. The van der Waals surface area contributed by atoms with Gasteiger partial charge in [0, 0.05) is 57.4 Å². The maximum absolute atomic E-state index is 5.90. The number of nitrogens with zero attached hydrogens (tertiary/aromatic N) is 5. The molecule has 1 aromatic carbocycles. The van der Waals surface area contributed by atoms with Gasteiger partial charge in [-0.3, -0.25) is 9.58 Å². The highest BCUT2D eigenvalue weighted by molar-refractivity contribution is 5.56. The van der Waals surface area contributed by atoms with E-state index in [1.54, 1.807) is 0 Å². The molecular formula is C21H27N5O2. The van der Waals surface area contributed by atoms with Crippen molar-refractivity contribution in [2.24, 2.45) is 7.05 Å². The predicted molar refractivity (Wildman–Crippen MR) is 107 cm³/mol. The zero-order valence-electron chi connectivity index (χ0n) is 16.3. The monoisotopic (exact) mass is 381 g/mol. The summed E-state index contributed by atoms with van der Waals surface area (Å²) in [5, 5.41) is 4.23. The lowest BCUT2D eigenvalue weighted by molar-refractivity contribution is 0.0322. The van der Waals surface area contributed by atoms with Gasteiger partial charge in [0.25, 0.3) is 0 Å². The van der Waals surface area contributed by atoms with E-state index < -0.39 is 0 Å². The van der Waals surface area contributed by atoms with E-state index in [2.05, 4.69) is 37.9 Å². The molecule has 0 saturated carbocycles. The Bertz CT molecular complexity index is 865. The molecule has 0 N–H and O–H groups in total. The summed E-state index contributed by atoms with van der Waals surface area (Å²) in [7, 11) is 1.94. The molecule has 0 amide bonds. The number of aromatic nitrogens is 4. The molecule has 148 valence electrons. The lowest BCUT2D eigenvalue weighted by Gasteiger charge is -2.26. The first-order chi connectivity index (χ1) is 13.8. The molecule has 2 aromatic heterocycles. The molecule has 0 radical (unpaired) electrons. The van der Waals surface area contributed by atoms with Crippen molar-refractivity contribution in [3.8, 4) is 17.1 Å². The third-order valence-electron chi connectivity index (χ3n) is 5.01. The molecule has 0 bridgehead atoms. The SMILES string of the molecule is Cn1cc(CCn2ccnc2-c2ccc(OCCN3CCOCC3)cc2)cn1. The third kappa shape index (κ3) is 4.79. The van der Waals surface area contributed by atoms with E-state index in [0.717, 1.165) is 63.0 Å². The second-order valence-corrected chi connectivity index (χ2v) is 7.04. The summed E-state index contributed by atoms with van der Waals surface area (Å²) in [5.41, 5.74) is 2.32. The van der Waals surface area contributed by atoms with E-state index in [0.29, 0.717) is 6.61 Å². The van der Waals surface area contributed by atoms with Gasteiger partial charge >= 0.3 is 0 Å². The highest BCUT2D eigenvalue weighted by Crippen LogP contribution is 2.21. The Morgan fingerprint density at radius 2 is 1.93 bits per heavy atom. The summed E-state index contributed by atoms with van der Waals surface area (Å²) in [6.45, 7) is 6.13. The fourth-order valence-corrected chi connectivity index (χ4v) is 3.42. The first kappa shape index (κ1) is 18.7. The number of morpholine rings is 1. The van der Waals surface area contributed by atoms with Crippen LogP contribution in [0.2, 0.25) is 0 Å². The molecule has 1 saturated heterocycles. The molecule has 0 aliphatic carbocycles.